The zero-order chi connectivity index (χ0) is 14.0. The zero-order valence-electron chi connectivity index (χ0n) is 10.4. The van der Waals surface area contributed by atoms with Crippen LogP contribution in [0.25, 0.3) is 0 Å². The highest BCUT2D eigenvalue weighted by atomic mass is 79.9. The zero-order valence-corrected chi connectivity index (χ0v) is 12.0. The van der Waals surface area contributed by atoms with Crippen molar-refractivity contribution in [1.82, 2.24) is 0 Å². The summed E-state index contributed by atoms with van der Waals surface area (Å²) in [5.74, 6) is -2.63. The van der Waals surface area contributed by atoms with Gasteiger partial charge in [0, 0.05) is 30.2 Å². The summed E-state index contributed by atoms with van der Waals surface area (Å²) in [6, 6.07) is 7.29. The van der Waals surface area contributed by atoms with Crippen LogP contribution >= 0.6 is 15.9 Å². The smallest absolute Gasteiger partial charge is 0.350 e. The lowest BCUT2D eigenvalue weighted by Crippen LogP contribution is -2.42. The molecule has 0 unspecified atom stereocenters. The fraction of sp³-hybridized carbons (Fsp3) is 0.231. The molecular formula is C13H12BrNO4. The molecule has 0 bridgehead atoms. The second-order valence-electron chi connectivity index (χ2n) is 4.39. The molecule has 0 atom stereocenters. The predicted octanol–water partition coefficient (Wildman–Crippen LogP) is 2.58. The Morgan fingerprint density at radius 1 is 1.21 bits per heavy atom. The van der Waals surface area contributed by atoms with Gasteiger partial charge in [-0.25, -0.2) is 9.59 Å². The Labute approximate surface area is 118 Å². The minimum absolute atomic E-state index is 0.167. The Morgan fingerprint density at radius 2 is 1.84 bits per heavy atom. The van der Waals surface area contributed by atoms with Crippen LogP contribution < -0.4 is 5.32 Å². The molecule has 0 radical (unpaired) electrons. The minimum Gasteiger partial charge on any atom is -0.419 e. The molecule has 0 aromatic heterocycles. The highest BCUT2D eigenvalue weighted by molar-refractivity contribution is 9.10. The van der Waals surface area contributed by atoms with Gasteiger partial charge in [-0.15, -0.1) is 0 Å². The summed E-state index contributed by atoms with van der Waals surface area (Å²) in [7, 11) is 0. The molecule has 1 aromatic carbocycles. The molecule has 1 fully saturated rings. The summed E-state index contributed by atoms with van der Waals surface area (Å²) in [4.78, 5) is 23.3. The Balaban J connectivity index is 2.15. The summed E-state index contributed by atoms with van der Waals surface area (Å²) in [6.07, 6.45) is 1.28. The highest BCUT2D eigenvalue weighted by Gasteiger charge is 2.38. The topological polar surface area (TPSA) is 64.6 Å². The van der Waals surface area contributed by atoms with Crippen LogP contribution in [0.15, 0.2) is 40.5 Å². The third kappa shape index (κ3) is 3.35. The standard InChI is InChI=1S/C13H12BrNO4/c1-13(2)18-11(16)10(12(17)19-13)7-15-9-5-3-4-8(14)6-9/h3-7,15H,1-2H3. The molecule has 19 heavy (non-hydrogen) atoms. The predicted molar refractivity (Wildman–Crippen MR) is 72.1 cm³/mol. The van der Waals surface area contributed by atoms with E-state index in [1.165, 1.54) is 20.0 Å². The largest absolute Gasteiger partial charge is 0.419 e. The normalized spacial score (nSPS) is 17.5. The summed E-state index contributed by atoms with van der Waals surface area (Å²) >= 11 is 3.32. The summed E-state index contributed by atoms with van der Waals surface area (Å²) in [5.41, 5.74) is 0.562. The SMILES string of the molecule is CC1(C)OC(=O)C(=CNc2cccc(Br)c2)C(=O)O1. The second kappa shape index (κ2) is 5.05. The first kappa shape index (κ1) is 13.6. The number of ether oxygens (including phenoxy) is 2. The summed E-state index contributed by atoms with van der Waals surface area (Å²) < 4.78 is 10.8. The van der Waals surface area contributed by atoms with E-state index in [0.29, 0.717) is 0 Å². The van der Waals surface area contributed by atoms with Crippen LogP contribution in [-0.2, 0) is 19.1 Å². The monoisotopic (exact) mass is 325 g/mol. The van der Waals surface area contributed by atoms with Crippen LogP contribution in [-0.4, -0.2) is 17.7 Å². The number of anilines is 1. The molecule has 0 saturated carbocycles. The van der Waals surface area contributed by atoms with Gasteiger partial charge < -0.3 is 14.8 Å². The van der Waals surface area contributed by atoms with Crippen LogP contribution in [0.4, 0.5) is 5.69 Å². The highest BCUT2D eigenvalue weighted by Crippen LogP contribution is 2.23. The van der Waals surface area contributed by atoms with E-state index in [1.807, 2.05) is 12.1 Å². The van der Waals surface area contributed by atoms with Gasteiger partial charge in [-0.2, -0.15) is 0 Å². The van der Waals surface area contributed by atoms with Crippen molar-refractivity contribution in [3.05, 3.63) is 40.5 Å². The molecule has 2 rings (SSSR count). The van der Waals surface area contributed by atoms with E-state index in [9.17, 15) is 9.59 Å². The van der Waals surface area contributed by atoms with Crippen molar-refractivity contribution in [3.63, 3.8) is 0 Å². The van der Waals surface area contributed by atoms with E-state index in [4.69, 9.17) is 9.47 Å². The lowest BCUT2D eigenvalue weighted by Gasteiger charge is -2.29. The molecule has 6 heteroatoms. The molecule has 0 aliphatic carbocycles. The Morgan fingerprint density at radius 3 is 2.42 bits per heavy atom. The number of rotatable bonds is 2. The van der Waals surface area contributed by atoms with E-state index >= 15 is 0 Å². The Kier molecular flexibility index (Phi) is 3.61. The first-order valence-corrected chi connectivity index (χ1v) is 6.36. The molecular weight excluding hydrogens is 314 g/mol. The molecule has 1 heterocycles. The van der Waals surface area contributed by atoms with Gasteiger partial charge in [0.15, 0.2) is 5.57 Å². The lowest BCUT2D eigenvalue weighted by atomic mass is 10.2. The van der Waals surface area contributed by atoms with Crippen LogP contribution in [0.2, 0.25) is 0 Å². The maximum Gasteiger partial charge on any atom is 0.350 e. The lowest BCUT2D eigenvalue weighted by molar-refractivity contribution is -0.222. The molecule has 5 nitrogen and oxygen atoms in total. The maximum absolute atomic E-state index is 11.7. The summed E-state index contributed by atoms with van der Waals surface area (Å²) in [5, 5.41) is 2.85. The number of hydrogen-bond acceptors (Lipinski definition) is 5. The first-order valence-electron chi connectivity index (χ1n) is 5.56. The van der Waals surface area contributed by atoms with E-state index < -0.39 is 17.7 Å². The number of cyclic esters (lactones) is 2. The average molecular weight is 326 g/mol. The van der Waals surface area contributed by atoms with Crippen molar-refractivity contribution >= 4 is 33.6 Å². The van der Waals surface area contributed by atoms with Gasteiger partial charge in [-0.1, -0.05) is 22.0 Å². The van der Waals surface area contributed by atoms with Crippen LogP contribution in [0, 0.1) is 0 Å². The molecule has 1 N–H and O–H groups in total. The average Bonchev–Trinajstić information content (AvgIpc) is 2.26. The van der Waals surface area contributed by atoms with Gasteiger partial charge in [-0.3, -0.25) is 0 Å². The molecule has 1 aliphatic rings. The number of carbonyl (C=O) groups is 2. The minimum atomic E-state index is -1.22. The quantitative estimate of drug-likeness (QED) is 0.514. The number of halogens is 1. The van der Waals surface area contributed by atoms with Gasteiger partial charge in [0.05, 0.1) is 0 Å². The fourth-order valence-electron chi connectivity index (χ4n) is 1.51. The molecule has 1 saturated heterocycles. The first-order chi connectivity index (χ1) is 8.87. The number of esters is 2. The van der Waals surface area contributed by atoms with Crippen molar-refractivity contribution in [2.24, 2.45) is 0 Å². The van der Waals surface area contributed by atoms with Crippen LogP contribution in [0.1, 0.15) is 13.8 Å². The second-order valence-corrected chi connectivity index (χ2v) is 5.31. The van der Waals surface area contributed by atoms with E-state index in [1.54, 1.807) is 12.1 Å². The Hall–Kier alpha value is -1.82. The van der Waals surface area contributed by atoms with Gasteiger partial charge >= 0.3 is 11.9 Å². The number of carbonyl (C=O) groups excluding carboxylic acids is 2. The van der Waals surface area contributed by atoms with Crippen molar-refractivity contribution < 1.29 is 19.1 Å². The van der Waals surface area contributed by atoms with Gasteiger partial charge in [0.1, 0.15) is 0 Å². The van der Waals surface area contributed by atoms with Crippen LogP contribution in [0.5, 0.6) is 0 Å². The molecule has 1 aliphatic heterocycles. The molecule has 1 aromatic rings. The van der Waals surface area contributed by atoms with Gasteiger partial charge in [0.25, 0.3) is 5.79 Å². The van der Waals surface area contributed by atoms with Crippen molar-refractivity contribution in [1.29, 1.82) is 0 Å². The molecule has 100 valence electrons. The number of benzene rings is 1. The van der Waals surface area contributed by atoms with Crippen molar-refractivity contribution in [2.75, 3.05) is 5.32 Å². The molecule has 0 spiro atoms. The van der Waals surface area contributed by atoms with Crippen LogP contribution in [0.3, 0.4) is 0 Å². The van der Waals surface area contributed by atoms with Gasteiger partial charge in [0.2, 0.25) is 0 Å². The van der Waals surface area contributed by atoms with E-state index in [0.717, 1.165) is 10.2 Å². The van der Waals surface area contributed by atoms with E-state index in [2.05, 4.69) is 21.2 Å². The third-order valence-corrected chi connectivity index (χ3v) is 2.82. The van der Waals surface area contributed by atoms with E-state index in [-0.39, 0.29) is 5.57 Å². The maximum atomic E-state index is 11.7. The van der Waals surface area contributed by atoms with Crippen molar-refractivity contribution in [3.8, 4) is 0 Å². The Bertz CT molecular complexity index is 544. The van der Waals surface area contributed by atoms with Gasteiger partial charge in [-0.05, 0) is 18.2 Å². The molecule has 0 amide bonds. The third-order valence-electron chi connectivity index (χ3n) is 2.32. The number of hydrogen-bond donors (Lipinski definition) is 1. The fourth-order valence-corrected chi connectivity index (χ4v) is 1.91. The van der Waals surface area contributed by atoms with Crippen molar-refractivity contribution in [2.45, 2.75) is 19.6 Å². The summed E-state index contributed by atoms with van der Waals surface area (Å²) in [6.45, 7) is 3.00. The number of nitrogens with one attached hydrogen (secondary N) is 1.